The molecule has 1 atom stereocenters. The first kappa shape index (κ1) is 11.4. The normalized spacial score (nSPS) is 20.2. The maximum atomic E-state index is 12.9. The van der Waals surface area contributed by atoms with E-state index >= 15 is 0 Å². The molecule has 0 bridgehead atoms. The number of ether oxygens (including phenoxy) is 2. The molecule has 0 aliphatic carbocycles. The number of anilines is 1. The van der Waals surface area contributed by atoms with Gasteiger partial charge >= 0.3 is 0 Å². The third kappa shape index (κ3) is 2.93. The van der Waals surface area contributed by atoms with Crippen LogP contribution in [-0.4, -0.2) is 19.3 Å². The van der Waals surface area contributed by atoms with Crippen LogP contribution in [-0.2, 0) is 16.1 Å². The van der Waals surface area contributed by atoms with E-state index in [1.165, 1.54) is 12.1 Å². The Morgan fingerprint density at radius 2 is 2.38 bits per heavy atom. The Morgan fingerprint density at radius 1 is 1.50 bits per heavy atom. The summed E-state index contributed by atoms with van der Waals surface area (Å²) in [5, 5.41) is 0. The molecule has 1 unspecified atom stereocenters. The minimum atomic E-state index is -0.287. The van der Waals surface area contributed by atoms with Gasteiger partial charge in [0.1, 0.15) is 5.82 Å². The minimum absolute atomic E-state index is 0.190. The first-order chi connectivity index (χ1) is 7.75. The molecule has 0 radical (unpaired) electrons. The third-order valence-electron chi connectivity index (χ3n) is 2.69. The highest BCUT2D eigenvalue weighted by molar-refractivity contribution is 5.46. The zero-order valence-electron chi connectivity index (χ0n) is 9.12. The van der Waals surface area contributed by atoms with Crippen LogP contribution in [0.3, 0.4) is 0 Å². The Bertz CT molecular complexity index is 351. The van der Waals surface area contributed by atoms with Gasteiger partial charge in [-0.1, -0.05) is 0 Å². The number of halogens is 1. The van der Waals surface area contributed by atoms with E-state index in [0.717, 1.165) is 19.4 Å². The number of hydrogen-bond donors (Lipinski definition) is 1. The van der Waals surface area contributed by atoms with E-state index < -0.39 is 0 Å². The molecule has 4 heteroatoms. The summed E-state index contributed by atoms with van der Waals surface area (Å²) in [4.78, 5) is 0. The Labute approximate surface area is 94.3 Å². The maximum Gasteiger partial charge on any atom is 0.123 e. The highest BCUT2D eigenvalue weighted by Gasteiger charge is 2.15. The summed E-state index contributed by atoms with van der Waals surface area (Å²) >= 11 is 0. The number of benzene rings is 1. The van der Waals surface area contributed by atoms with Gasteiger partial charge in [-0.05, 0) is 31.0 Å². The van der Waals surface area contributed by atoms with Crippen LogP contribution >= 0.6 is 0 Å². The molecule has 1 fully saturated rings. The van der Waals surface area contributed by atoms with Gasteiger partial charge < -0.3 is 15.2 Å². The van der Waals surface area contributed by atoms with Crippen molar-refractivity contribution in [3.63, 3.8) is 0 Å². The van der Waals surface area contributed by atoms with Crippen LogP contribution in [0.15, 0.2) is 18.2 Å². The standard InChI is InChI=1S/C12H16FNO2/c13-10-3-4-12(14)9(6-10)7-15-8-11-2-1-5-16-11/h3-4,6,11H,1-2,5,7-8,14H2. The van der Waals surface area contributed by atoms with Crippen LogP contribution < -0.4 is 5.73 Å². The average Bonchev–Trinajstić information content (AvgIpc) is 2.76. The van der Waals surface area contributed by atoms with Gasteiger partial charge in [-0.2, -0.15) is 0 Å². The molecule has 0 saturated carbocycles. The van der Waals surface area contributed by atoms with Gasteiger partial charge in [-0.15, -0.1) is 0 Å². The van der Waals surface area contributed by atoms with Crippen molar-refractivity contribution in [1.29, 1.82) is 0 Å². The lowest BCUT2D eigenvalue weighted by atomic mass is 10.2. The fourth-order valence-corrected chi connectivity index (χ4v) is 1.78. The van der Waals surface area contributed by atoms with E-state index in [-0.39, 0.29) is 11.9 Å². The monoisotopic (exact) mass is 225 g/mol. The van der Waals surface area contributed by atoms with Crippen molar-refractivity contribution in [3.05, 3.63) is 29.6 Å². The summed E-state index contributed by atoms with van der Waals surface area (Å²) < 4.78 is 23.8. The molecule has 1 aliphatic heterocycles. The molecule has 1 saturated heterocycles. The summed E-state index contributed by atoms with van der Waals surface area (Å²) in [6.45, 7) is 1.70. The van der Waals surface area contributed by atoms with E-state index in [9.17, 15) is 4.39 Å². The molecule has 2 rings (SSSR count). The van der Waals surface area contributed by atoms with Crippen molar-refractivity contribution < 1.29 is 13.9 Å². The highest BCUT2D eigenvalue weighted by Crippen LogP contribution is 2.16. The van der Waals surface area contributed by atoms with E-state index in [4.69, 9.17) is 15.2 Å². The van der Waals surface area contributed by atoms with Gasteiger partial charge in [0.15, 0.2) is 0 Å². The number of nitrogen functional groups attached to an aromatic ring is 1. The van der Waals surface area contributed by atoms with Crippen molar-refractivity contribution in [2.24, 2.45) is 0 Å². The highest BCUT2D eigenvalue weighted by atomic mass is 19.1. The molecule has 2 N–H and O–H groups in total. The molecule has 1 aromatic rings. The summed E-state index contributed by atoms with van der Waals surface area (Å²) in [7, 11) is 0. The van der Waals surface area contributed by atoms with Crippen molar-refractivity contribution in [3.8, 4) is 0 Å². The lowest BCUT2D eigenvalue weighted by Crippen LogP contribution is -2.14. The first-order valence-electron chi connectivity index (χ1n) is 5.49. The van der Waals surface area contributed by atoms with Crippen molar-refractivity contribution in [2.45, 2.75) is 25.6 Å². The van der Waals surface area contributed by atoms with Crippen molar-refractivity contribution in [2.75, 3.05) is 18.9 Å². The predicted octanol–water partition coefficient (Wildman–Crippen LogP) is 2.10. The lowest BCUT2D eigenvalue weighted by molar-refractivity contribution is 0.0107. The summed E-state index contributed by atoms with van der Waals surface area (Å²) in [6.07, 6.45) is 2.32. The number of rotatable bonds is 4. The molecule has 1 aliphatic rings. The SMILES string of the molecule is Nc1ccc(F)cc1COCC1CCCO1. The van der Waals surface area contributed by atoms with Gasteiger partial charge in [0.25, 0.3) is 0 Å². The lowest BCUT2D eigenvalue weighted by Gasteiger charge is -2.11. The number of nitrogens with two attached hydrogens (primary N) is 1. The van der Waals surface area contributed by atoms with Gasteiger partial charge in [0.05, 0.1) is 19.3 Å². The quantitative estimate of drug-likeness (QED) is 0.798. The summed E-state index contributed by atoms with van der Waals surface area (Å²) in [6, 6.07) is 4.31. The molecule has 0 amide bonds. The van der Waals surface area contributed by atoms with Crippen LogP contribution in [0.4, 0.5) is 10.1 Å². The first-order valence-corrected chi connectivity index (χ1v) is 5.49. The Balaban J connectivity index is 1.82. The zero-order chi connectivity index (χ0) is 11.4. The van der Waals surface area contributed by atoms with Gasteiger partial charge in [0, 0.05) is 17.9 Å². The third-order valence-corrected chi connectivity index (χ3v) is 2.69. The summed E-state index contributed by atoms with van der Waals surface area (Å²) in [5.41, 5.74) is 6.96. The van der Waals surface area contributed by atoms with Crippen LogP contribution in [0.5, 0.6) is 0 Å². The molecule has 1 heterocycles. The van der Waals surface area contributed by atoms with E-state index in [0.29, 0.717) is 24.5 Å². The zero-order valence-corrected chi connectivity index (χ0v) is 9.12. The molecular formula is C12H16FNO2. The van der Waals surface area contributed by atoms with Crippen LogP contribution in [0.2, 0.25) is 0 Å². The number of hydrogen-bond acceptors (Lipinski definition) is 3. The molecule has 0 aromatic heterocycles. The Kier molecular flexibility index (Phi) is 3.74. The van der Waals surface area contributed by atoms with Gasteiger partial charge in [-0.3, -0.25) is 0 Å². The molecule has 3 nitrogen and oxygen atoms in total. The molecule has 16 heavy (non-hydrogen) atoms. The smallest absolute Gasteiger partial charge is 0.123 e. The van der Waals surface area contributed by atoms with Crippen molar-refractivity contribution >= 4 is 5.69 Å². The van der Waals surface area contributed by atoms with Crippen LogP contribution in [0.1, 0.15) is 18.4 Å². The Hall–Kier alpha value is -1.13. The largest absolute Gasteiger partial charge is 0.398 e. The second-order valence-electron chi connectivity index (χ2n) is 3.99. The van der Waals surface area contributed by atoms with Crippen LogP contribution in [0, 0.1) is 5.82 Å². The second kappa shape index (κ2) is 5.27. The minimum Gasteiger partial charge on any atom is -0.398 e. The molecule has 88 valence electrons. The van der Waals surface area contributed by atoms with E-state index in [2.05, 4.69) is 0 Å². The average molecular weight is 225 g/mol. The Morgan fingerprint density at radius 3 is 3.12 bits per heavy atom. The van der Waals surface area contributed by atoms with Crippen LogP contribution in [0.25, 0.3) is 0 Å². The fraction of sp³-hybridized carbons (Fsp3) is 0.500. The second-order valence-corrected chi connectivity index (χ2v) is 3.99. The van der Waals surface area contributed by atoms with Crippen molar-refractivity contribution in [1.82, 2.24) is 0 Å². The van der Waals surface area contributed by atoms with E-state index in [1.54, 1.807) is 6.07 Å². The molecular weight excluding hydrogens is 209 g/mol. The van der Waals surface area contributed by atoms with Gasteiger partial charge in [0.2, 0.25) is 0 Å². The maximum absolute atomic E-state index is 12.9. The summed E-state index contributed by atoms with van der Waals surface area (Å²) in [5.74, 6) is -0.287. The topological polar surface area (TPSA) is 44.5 Å². The van der Waals surface area contributed by atoms with Gasteiger partial charge in [-0.25, -0.2) is 4.39 Å². The van der Waals surface area contributed by atoms with E-state index in [1.807, 2.05) is 0 Å². The molecule has 0 spiro atoms. The molecule has 1 aromatic carbocycles. The predicted molar refractivity (Wildman–Crippen MR) is 59.4 cm³/mol. The fourth-order valence-electron chi connectivity index (χ4n) is 1.78.